The molecule has 1 heterocycles. The molecule has 2 aliphatic rings. The number of hydrogen-bond acceptors (Lipinski definition) is 6. The fourth-order valence-electron chi connectivity index (χ4n) is 4.20. The Hall–Kier alpha value is -3.54. The zero-order valence-electron chi connectivity index (χ0n) is 17.3. The van der Waals surface area contributed by atoms with Crippen molar-refractivity contribution >= 4 is 29.0 Å². The van der Waals surface area contributed by atoms with Crippen LogP contribution in [-0.4, -0.2) is 27.6 Å². The van der Waals surface area contributed by atoms with Crippen molar-refractivity contribution in [3.63, 3.8) is 0 Å². The highest BCUT2D eigenvalue weighted by Gasteiger charge is 2.39. The molecule has 0 aliphatic heterocycles. The minimum absolute atomic E-state index is 0.0196. The molecular formula is C22H27N7O2. The van der Waals surface area contributed by atoms with E-state index in [0.29, 0.717) is 12.8 Å². The summed E-state index contributed by atoms with van der Waals surface area (Å²) in [5.74, 6) is -0.626. The Labute approximate surface area is 180 Å². The molecule has 0 saturated heterocycles. The summed E-state index contributed by atoms with van der Waals surface area (Å²) < 4.78 is 1.68. The summed E-state index contributed by atoms with van der Waals surface area (Å²) >= 11 is 0. The first-order chi connectivity index (χ1) is 14.9. The number of benzene rings is 1. The van der Waals surface area contributed by atoms with Crippen molar-refractivity contribution in [2.24, 2.45) is 11.7 Å². The number of nitrogens with two attached hydrogens (primary N) is 2. The van der Waals surface area contributed by atoms with Crippen molar-refractivity contribution in [1.82, 2.24) is 9.78 Å². The molecule has 6 N–H and O–H groups in total. The van der Waals surface area contributed by atoms with E-state index in [1.807, 2.05) is 24.3 Å². The molecular weight excluding hydrogens is 394 g/mol. The van der Waals surface area contributed by atoms with E-state index < -0.39 is 11.4 Å². The maximum absolute atomic E-state index is 12.2. The second kappa shape index (κ2) is 8.30. The molecule has 0 radical (unpaired) electrons. The van der Waals surface area contributed by atoms with E-state index in [1.165, 1.54) is 0 Å². The molecule has 0 atom stereocenters. The van der Waals surface area contributed by atoms with Crippen LogP contribution < -0.4 is 22.1 Å². The van der Waals surface area contributed by atoms with Gasteiger partial charge in [-0.1, -0.05) is 0 Å². The monoisotopic (exact) mass is 421 g/mol. The Kier molecular flexibility index (Phi) is 5.55. The van der Waals surface area contributed by atoms with Crippen molar-refractivity contribution in [1.29, 1.82) is 5.26 Å². The third-order valence-corrected chi connectivity index (χ3v) is 6.26. The van der Waals surface area contributed by atoms with Crippen molar-refractivity contribution in [2.45, 2.75) is 56.5 Å². The fourth-order valence-corrected chi connectivity index (χ4v) is 4.20. The standard InChI is InChI=1S/C22H27N7O2/c23-12-11-22(9-7-17(8-10-22)26-16-5-3-15(24)4-6-16)29-13-18(19(25)30)20(28-29)27-21(31)14-1-2-14/h3-6,13-14,17,26H,1-2,7-11,24H2,(H2,25,30)(H,27,28,31). The summed E-state index contributed by atoms with van der Waals surface area (Å²) in [4.78, 5) is 24.2. The van der Waals surface area contributed by atoms with Gasteiger partial charge in [-0.25, -0.2) is 0 Å². The largest absolute Gasteiger partial charge is 0.399 e. The van der Waals surface area contributed by atoms with Crippen molar-refractivity contribution in [3.05, 3.63) is 36.0 Å². The third kappa shape index (κ3) is 4.48. The number of primary amides is 1. The van der Waals surface area contributed by atoms with Crippen LogP contribution in [0.5, 0.6) is 0 Å². The van der Waals surface area contributed by atoms with Gasteiger partial charge in [-0.2, -0.15) is 10.4 Å². The molecule has 0 bridgehead atoms. The molecule has 4 rings (SSSR count). The summed E-state index contributed by atoms with van der Waals surface area (Å²) in [6.07, 6.45) is 6.63. The summed E-state index contributed by atoms with van der Waals surface area (Å²) in [5, 5.41) is 20.3. The highest BCUT2D eigenvalue weighted by Crippen LogP contribution is 2.39. The number of carbonyl (C=O) groups excluding carboxylic acids is 2. The van der Waals surface area contributed by atoms with Gasteiger partial charge in [-0.3, -0.25) is 14.3 Å². The molecule has 2 aliphatic carbocycles. The van der Waals surface area contributed by atoms with E-state index in [0.717, 1.165) is 37.1 Å². The van der Waals surface area contributed by atoms with Crippen LogP contribution in [-0.2, 0) is 10.3 Å². The molecule has 9 heteroatoms. The van der Waals surface area contributed by atoms with E-state index in [-0.39, 0.29) is 35.7 Å². The highest BCUT2D eigenvalue weighted by atomic mass is 16.2. The Morgan fingerprint density at radius 2 is 1.87 bits per heavy atom. The predicted molar refractivity (Wildman–Crippen MR) is 117 cm³/mol. The third-order valence-electron chi connectivity index (χ3n) is 6.26. The van der Waals surface area contributed by atoms with E-state index in [2.05, 4.69) is 21.8 Å². The van der Waals surface area contributed by atoms with Crippen molar-refractivity contribution < 1.29 is 9.59 Å². The van der Waals surface area contributed by atoms with Gasteiger partial charge < -0.3 is 22.1 Å². The van der Waals surface area contributed by atoms with Crippen LogP contribution in [0, 0.1) is 17.2 Å². The summed E-state index contributed by atoms with van der Waals surface area (Å²) in [6.45, 7) is 0. The van der Waals surface area contributed by atoms with Crippen molar-refractivity contribution in [3.8, 4) is 6.07 Å². The first-order valence-electron chi connectivity index (χ1n) is 10.6. The van der Waals surface area contributed by atoms with Crippen LogP contribution in [0.4, 0.5) is 17.2 Å². The van der Waals surface area contributed by atoms with Crippen LogP contribution in [0.2, 0.25) is 0 Å². The van der Waals surface area contributed by atoms with Gasteiger partial charge in [-0.05, 0) is 62.8 Å². The van der Waals surface area contributed by atoms with Crippen LogP contribution in [0.15, 0.2) is 30.5 Å². The molecule has 31 heavy (non-hydrogen) atoms. The maximum Gasteiger partial charge on any atom is 0.254 e. The highest BCUT2D eigenvalue weighted by molar-refractivity contribution is 6.02. The van der Waals surface area contributed by atoms with Crippen LogP contribution >= 0.6 is 0 Å². The summed E-state index contributed by atoms with van der Waals surface area (Å²) in [7, 11) is 0. The number of carbonyl (C=O) groups is 2. The quantitative estimate of drug-likeness (QED) is 0.504. The predicted octanol–water partition coefficient (Wildman–Crippen LogP) is 2.58. The number of rotatable bonds is 7. The molecule has 1 aromatic carbocycles. The van der Waals surface area contributed by atoms with E-state index in [1.54, 1.807) is 10.9 Å². The van der Waals surface area contributed by atoms with Gasteiger partial charge in [0.1, 0.15) is 5.56 Å². The van der Waals surface area contributed by atoms with Gasteiger partial charge in [0, 0.05) is 29.5 Å². The van der Waals surface area contributed by atoms with Gasteiger partial charge >= 0.3 is 0 Å². The van der Waals surface area contributed by atoms with Gasteiger partial charge in [0.25, 0.3) is 5.91 Å². The summed E-state index contributed by atoms with van der Waals surface area (Å²) in [5.41, 5.74) is 12.6. The Balaban J connectivity index is 1.51. The second-order valence-electron chi connectivity index (χ2n) is 8.56. The number of nitriles is 1. The van der Waals surface area contributed by atoms with E-state index >= 15 is 0 Å². The van der Waals surface area contributed by atoms with Crippen LogP contribution in [0.1, 0.15) is 55.3 Å². The SMILES string of the molecule is N#CCC1(n2cc(C(N)=O)c(NC(=O)C3CC3)n2)CCC(Nc2ccc(N)cc2)CC1. The molecule has 2 aromatic rings. The molecule has 2 saturated carbocycles. The number of amides is 2. The Bertz CT molecular complexity index is 1010. The lowest BCUT2D eigenvalue weighted by Crippen LogP contribution is -2.41. The topological polar surface area (TPSA) is 152 Å². The summed E-state index contributed by atoms with van der Waals surface area (Å²) in [6, 6.07) is 10.2. The molecule has 0 unspecified atom stereocenters. The van der Waals surface area contributed by atoms with E-state index in [9.17, 15) is 14.9 Å². The molecule has 1 aromatic heterocycles. The van der Waals surface area contributed by atoms with Gasteiger partial charge in [0.2, 0.25) is 5.91 Å². The lowest BCUT2D eigenvalue weighted by Gasteiger charge is -2.39. The first kappa shape index (κ1) is 20.7. The van der Waals surface area contributed by atoms with Crippen LogP contribution in [0.25, 0.3) is 0 Å². The number of hydrogen-bond donors (Lipinski definition) is 4. The van der Waals surface area contributed by atoms with Gasteiger partial charge in [-0.15, -0.1) is 0 Å². The maximum atomic E-state index is 12.2. The molecule has 0 spiro atoms. The Morgan fingerprint density at radius 3 is 2.45 bits per heavy atom. The minimum Gasteiger partial charge on any atom is -0.399 e. The lowest BCUT2D eigenvalue weighted by atomic mass is 9.77. The molecule has 2 amide bonds. The molecule has 2 fully saturated rings. The average Bonchev–Trinajstić information content (AvgIpc) is 3.51. The number of anilines is 3. The minimum atomic E-state index is -0.650. The normalized spacial score (nSPS) is 23.0. The fraction of sp³-hybridized carbons (Fsp3) is 0.455. The average molecular weight is 422 g/mol. The Morgan fingerprint density at radius 1 is 1.19 bits per heavy atom. The van der Waals surface area contributed by atoms with E-state index in [4.69, 9.17) is 11.5 Å². The van der Waals surface area contributed by atoms with Gasteiger partial charge in [0.15, 0.2) is 5.82 Å². The van der Waals surface area contributed by atoms with Gasteiger partial charge in [0.05, 0.1) is 18.0 Å². The smallest absolute Gasteiger partial charge is 0.254 e. The second-order valence-corrected chi connectivity index (χ2v) is 8.56. The number of nitrogens with zero attached hydrogens (tertiary/aromatic N) is 3. The first-order valence-corrected chi connectivity index (χ1v) is 10.6. The number of aromatic nitrogens is 2. The van der Waals surface area contributed by atoms with Crippen molar-refractivity contribution in [2.75, 3.05) is 16.4 Å². The molecule has 162 valence electrons. The zero-order valence-corrected chi connectivity index (χ0v) is 17.3. The zero-order chi connectivity index (χ0) is 22.0. The number of nitrogens with one attached hydrogen (secondary N) is 2. The van der Waals surface area contributed by atoms with Crippen LogP contribution in [0.3, 0.4) is 0 Å². The lowest BCUT2D eigenvalue weighted by molar-refractivity contribution is -0.117. The number of nitrogen functional groups attached to an aromatic ring is 1. The molecule has 9 nitrogen and oxygen atoms in total.